The molecule has 6 nitrogen and oxygen atoms in total. The molecule has 0 saturated carbocycles. The molecule has 0 radical (unpaired) electrons. The minimum Gasteiger partial charge on any atom is -0.396 e. The first kappa shape index (κ1) is 25.8. The van der Waals surface area contributed by atoms with E-state index in [1.165, 1.54) is 40.7 Å². The van der Waals surface area contributed by atoms with E-state index in [9.17, 15) is 0 Å². The molecular weight excluding hydrogens is 480 g/mol. The van der Waals surface area contributed by atoms with Gasteiger partial charge in [-0.2, -0.15) is 0 Å². The fourth-order valence-corrected chi connectivity index (χ4v) is 6.32. The first-order valence-corrected chi connectivity index (χ1v) is 14.5. The molecule has 2 heterocycles. The van der Waals surface area contributed by atoms with E-state index in [0.29, 0.717) is 12.1 Å². The number of nitrogens with one attached hydrogen (secondary N) is 2. The molecule has 0 unspecified atom stereocenters. The number of fused-ring (bicyclic) bond motifs is 2. The van der Waals surface area contributed by atoms with Crippen molar-refractivity contribution in [1.29, 1.82) is 0 Å². The third kappa shape index (κ3) is 5.36. The first-order chi connectivity index (χ1) is 19.0. The van der Waals surface area contributed by atoms with Crippen molar-refractivity contribution >= 4 is 28.4 Å². The third-order valence-corrected chi connectivity index (χ3v) is 8.43. The minimum absolute atomic E-state index is 0.237. The topological polar surface area (TPSA) is 105 Å². The monoisotopic (exact) mass is 520 g/mol. The molecule has 2 aliphatic rings. The van der Waals surface area contributed by atoms with Crippen molar-refractivity contribution in [2.75, 3.05) is 5.73 Å². The Hall–Kier alpha value is -3.48. The van der Waals surface area contributed by atoms with Crippen LogP contribution in [0.3, 0.4) is 0 Å². The summed E-state index contributed by atoms with van der Waals surface area (Å²) in [5.41, 5.74) is 22.0. The van der Waals surface area contributed by atoms with Gasteiger partial charge in [-0.3, -0.25) is 4.99 Å². The number of aromatic amines is 1. The van der Waals surface area contributed by atoms with Gasteiger partial charge >= 0.3 is 0 Å². The number of H-pyrrole nitrogens is 1. The van der Waals surface area contributed by atoms with Crippen molar-refractivity contribution in [2.24, 2.45) is 10.7 Å². The van der Waals surface area contributed by atoms with Crippen molar-refractivity contribution < 1.29 is 0 Å². The van der Waals surface area contributed by atoms with Crippen LogP contribution in [0.4, 0.5) is 11.4 Å². The van der Waals surface area contributed by atoms with Gasteiger partial charge in [0.05, 0.1) is 23.3 Å². The largest absolute Gasteiger partial charge is 0.396 e. The van der Waals surface area contributed by atoms with Gasteiger partial charge in [-0.25, -0.2) is 4.98 Å². The molecular formula is C33H40N6. The molecule has 1 saturated heterocycles. The second kappa shape index (κ2) is 10.9. The Balaban J connectivity index is 1.26. The van der Waals surface area contributed by atoms with Gasteiger partial charge in [-0.05, 0) is 98.6 Å². The Morgan fingerprint density at radius 3 is 2.69 bits per heavy atom. The number of anilines is 1. The number of hydrogen-bond donors (Lipinski definition) is 4. The summed E-state index contributed by atoms with van der Waals surface area (Å²) < 4.78 is 0. The van der Waals surface area contributed by atoms with Gasteiger partial charge in [-0.15, -0.1) is 0 Å². The van der Waals surface area contributed by atoms with Gasteiger partial charge in [0.15, 0.2) is 0 Å². The molecule has 202 valence electrons. The minimum atomic E-state index is 0.237. The Bertz CT molecular complexity index is 1510. The average Bonchev–Trinajstić information content (AvgIpc) is 3.69. The lowest BCUT2D eigenvalue weighted by molar-refractivity contribution is 0.616. The molecule has 6 rings (SSSR count). The van der Waals surface area contributed by atoms with E-state index in [2.05, 4.69) is 65.5 Å². The van der Waals surface area contributed by atoms with Crippen molar-refractivity contribution in [3.8, 4) is 22.4 Å². The molecule has 1 fully saturated rings. The van der Waals surface area contributed by atoms with Crippen molar-refractivity contribution in [2.45, 2.75) is 83.3 Å². The molecule has 0 spiro atoms. The van der Waals surface area contributed by atoms with Gasteiger partial charge in [0, 0.05) is 41.7 Å². The Morgan fingerprint density at radius 2 is 1.90 bits per heavy atom. The number of aryl methyl sites for hydroxylation is 1. The molecule has 39 heavy (non-hydrogen) atoms. The number of rotatable bonds is 8. The lowest BCUT2D eigenvalue weighted by atomic mass is 9.91. The maximum atomic E-state index is 6.59. The van der Waals surface area contributed by atoms with E-state index in [4.69, 9.17) is 16.5 Å². The molecule has 0 bridgehead atoms. The predicted molar refractivity (Wildman–Crippen MR) is 164 cm³/mol. The molecule has 0 amide bonds. The van der Waals surface area contributed by atoms with Crippen LogP contribution < -0.4 is 16.8 Å². The van der Waals surface area contributed by atoms with Crippen LogP contribution >= 0.6 is 0 Å². The van der Waals surface area contributed by atoms with Crippen LogP contribution in [0.5, 0.6) is 0 Å². The second-order valence-electron chi connectivity index (χ2n) is 11.5. The number of aromatic nitrogens is 2. The zero-order valence-corrected chi connectivity index (χ0v) is 23.1. The van der Waals surface area contributed by atoms with E-state index in [-0.39, 0.29) is 6.04 Å². The average molecular weight is 521 g/mol. The summed E-state index contributed by atoms with van der Waals surface area (Å²) >= 11 is 0. The maximum Gasteiger partial charge on any atom is 0.106 e. The quantitative estimate of drug-likeness (QED) is 0.158. The number of aliphatic imine (C=N–C) groups is 1. The molecule has 3 atom stereocenters. The highest BCUT2D eigenvalue weighted by molar-refractivity contribution is 6.01. The fraction of sp³-hybridized carbons (Fsp3) is 0.394. The number of nitrogens with zero attached hydrogens (tertiary/aromatic N) is 2. The Morgan fingerprint density at radius 1 is 1.08 bits per heavy atom. The first-order valence-electron chi connectivity index (χ1n) is 14.5. The van der Waals surface area contributed by atoms with Gasteiger partial charge in [0.2, 0.25) is 0 Å². The van der Waals surface area contributed by atoms with E-state index >= 15 is 0 Å². The number of benzene rings is 3. The van der Waals surface area contributed by atoms with Crippen molar-refractivity contribution in [1.82, 2.24) is 15.3 Å². The number of nitrogens with two attached hydrogens (primary N) is 2. The zero-order chi connectivity index (χ0) is 26.9. The van der Waals surface area contributed by atoms with Gasteiger partial charge in [0.1, 0.15) is 5.82 Å². The molecule has 4 aromatic rings. The number of imidazole rings is 1. The highest BCUT2D eigenvalue weighted by atomic mass is 15.0. The van der Waals surface area contributed by atoms with Crippen molar-refractivity contribution in [3.63, 3.8) is 0 Å². The molecule has 1 aromatic heterocycles. The van der Waals surface area contributed by atoms with E-state index < -0.39 is 0 Å². The van der Waals surface area contributed by atoms with Gasteiger partial charge < -0.3 is 21.8 Å². The van der Waals surface area contributed by atoms with Crippen LogP contribution in [0.2, 0.25) is 0 Å². The SMILES string of the molecule is C[C@H](N)CCCc1ncc(-c2ccc(-c3ccc4c(N)c(N=C[C@@H]5CC[C@H](C)N5)ccc4c3)c3c2CCC3)[nH]1. The summed E-state index contributed by atoms with van der Waals surface area (Å²) in [7, 11) is 0. The zero-order valence-electron chi connectivity index (χ0n) is 23.1. The van der Waals surface area contributed by atoms with Crippen LogP contribution in [0, 0.1) is 0 Å². The third-order valence-electron chi connectivity index (χ3n) is 8.43. The summed E-state index contributed by atoms with van der Waals surface area (Å²) in [6.45, 7) is 4.28. The lowest BCUT2D eigenvalue weighted by Crippen LogP contribution is -2.27. The molecule has 1 aliphatic heterocycles. The van der Waals surface area contributed by atoms with E-state index in [1.54, 1.807) is 0 Å². The Kier molecular flexibility index (Phi) is 7.24. The normalized spacial score (nSPS) is 19.8. The smallest absolute Gasteiger partial charge is 0.106 e. The van der Waals surface area contributed by atoms with E-state index in [1.807, 2.05) is 18.5 Å². The van der Waals surface area contributed by atoms with Crippen molar-refractivity contribution in [3.05, 3.63) is 65.6 Å². The summed E-state index contributed by atoms with van der Waals surface area (Å²) in [4.78, 5) is 13.0. The number of hydrogen-bond acceptors (Lipinski definition) is 5. The fourth-order valence-electron chi connectivity index (χ4n) is 6.32. The van der Waals surface area contributed by atoms with E-state index in [0.717, 1.165) is 72.2 Å². The molecule has 6 heteroatoms. The standard InChI is InChI=1S/C33H40N6/c1-20(34)5-3-8-32-37-19-31(39-32)29-15-14-25(27-6-4-7-28(27)29)22-10-13-26-23(17-22)11-16-30(33(26)35)36-18-24-12-9-21(2)38-24/h10-11,13-21,24,38H,3-9,12,34-35H2,1-2H3,(H,37,39)/t20-,21-,24-/m0/s1. The van der Waals surface area contributed by atoms with Crippen LogP contribution in [0.15, 0.2) is 53.7 Å². The highest BCUT2D eigenvalue weighted by Gasteiger charge is 2.22. The number of nitrogen functional groups attached to an aromatic ring is 1. The van der Waals surface area contributed by atoms with Crippen LogP contribution in [-0.2, 0) is 19.3 Å². The predicted octanol–water partition coefficient (Wildman–Crippen LogP) is 6.48. The molecule has 1 aliphatic carbocycles. The summed E-state index contributed by atoms with van der Waals surface area (Å²) in [6.07, 6.45) is 12.7. The molecule has 6 N–H and O–H groups in total. The Labute approximate surface area is 231 Å². The van der Waals surface area contributed by atoms with Crippen LogP contribution in [-0.4, -0.2) is 34.3 Å². The second-order valence-corrected chi connectivity index (χ2v) is 11.5. The maximum absolute atomic E-state index is 6.59. The van der Waals surface area contributed by atoms with Gasteiger partial charge in [-0.1, -0.05) is 30.3 Å². The molecule has 3 aromatic carbocycles. The van der Waals surface area contributed by atoms with Crippen LogP contribution in [0.1, 0.15) is 62.9 Å². The summed E-state index contributed by atoms with van der Waals surface area (Å²) in [5.74, 6) is 1.05. The highest BCUT2D eigenvalue weighted by Crippen LogP contribution is 2.40. The van der Waals surface area contributed by atoms with Gasteiger partial charge in [0.25, 0.3) is 0 Å². The van der Waals surface area contributed by atoms with Crippen LogP contribution in [0.25, 0.3) is 33.2 Å². The lowest BCUT2D eigenvalue weighted by Gasteiger charge is -2.14. The summed E-state index contributed by atoms with van der Waals surface area (Å²) in [5, 5.41) is 5.76. The summed E-state index contributed by atoms with van der Waals surface area (Å²) in [6, 6.07) is 16.5.